The van der Waals surface area contributed by atoms with Crippen LogP contribution in [0.5, 0.6) is 0 Å². The van der Waals surface area contributed by atoms with Crippen molar-refractivity contribution in [2.45, 2.75) is 24.4 Å². The Hall–Kier alpha value is -2.66. The second-order valence-electron chi connectivity index (χ2n) is 6.19. The lowest BCUT2D eigenvalue weighted by Gasteiger charge is -2.10. The fraction of sp³-hybridized carbons (Fsp3) is 0.143. The first-order chi connectivity index (χ1) is 12.7. The lowest BCUT2D eigenvalue weighted by atomic mass is 10.1. The van der Waals surface area contributed by atoms with Crippen molar-refractivity contribution >= 4 is 22.8 Å². The zero-order valence-electron chi connectivity index (χ0n) is 14.4. The molecule has 130 valence electrons. The first kappa shape index (κ1) is 16.8. The van der Waals surface area contributed by atoms with Gasteiger partial charge in [0.05, 0.1) is 23.8 Å². The minimum atomic E-state index is -0.223. The number of hydrogen-bond acceptors (Lipinski definition) is 3. The van der Waals surface area contributed by atoms with Crippen molar-refractivity contribution in [2.75, 3.05) is 0 Å². The molecule has 26 heavy (non-hydrogen) atoms. The van der Waals surface area contributed by atoms with Crippen molar-refractivity contribution < 1.29 is 4.39 Å². The Kier molecular flexibility index (Phi) is 4.71. The maximum atomic E-state index is 13.6. The zero-order chi connectivity index (χ0) is 17.9. The van der Waals surface area contributed by atoms with E-state index >= 15 is 0 Å². The van der Waals surface area contributed by atoms with Crippen molar-refractivity contribution in [3.8, 4) is 0 Å². The summed E-state index contributed by atoms with van der Waals surface area (Å²) in [7, 11) is 0. The number of halogens is 1. The third-order valence-electron chi connectivity index (χ3n) is 4.36. The fourth-order valence-electron chi connectivity index (χ4n) is 2.94. The van der Waals surface area contributed by atoms with Crippen molar-refractivity contribution in [3.63, 3.8) is 0 Å². The Morgan fingerprint density at radius 1 is 1.08 bits per heavy atom. The van der Waals surface area contributed by atoms with Crippen molar-refractivity contribution in [2.24, 2.45) is 0 Å². The van der Waals surface area contributed by atoms with Crippen LogP contribution < -0.4 is 0 Å². The highest BCUT2D eigenvalue weighted by Crippen LogP contribution is 2.28. The molecule has 0 radical (unpaired) electrons. The average Bonchev–Trinajstić information content (AvgIpc) is 2.99. The summed E-state index contributed by atoms with van der Waals surface area (Å²) in [5, 5.41) is 0.917. The third kappa shape index (κ3) is 3.48. The van der Waals surface area contributed by atoms with Gasteiger partial charge in [-0.3, -0.25) is 4.98 Å². The van der Waals surface area contributed by atoms with Gasteiger partial charge in [0.2, 0.25) is 0 Å². The molecule has 4 rings (SSSR count). The molecule has 0 aliphatic heterocycles. The van der Waals surface area contributed by atoms with Crippen LogP contribution in [0.15, 0.2) is 72.1 Å². The Morgan fingerprint density at radius 3 is 2.81 bits per heavy atom. The van der Waals surface area contributed by atoms with Crippen LogP contribution in [0.1, 0.15) is 16.7 Å². The summed E-state index contributed by atoms with van der Waals surface area (Å²) in [5.41, 5.74) is 5.34. The van der Waals surface area contributed by atoms with Crippen LogP contribution in [0.3, 0.4) is 0 Å². The van der Waals surface area contributed by atoms with Gasteiger partial charge in [0.15, 0.2) is 5.16 Å². The molecule has 0 spiro atoms. The quantitative estimate of drug-likeness (QED) is 0.456. The third-order valence-corrected chi connectivity index (χ3v) is 5.39. The molecule has 4 aromatic rings. The number of nitrogens with zero attached hydrogens (tertiary/aromatic N) is 3. The molecule has 5 heteroatoms. The van der Waals surface area contributed by atoms with E-state index in [2.05, 4.69) is 34.7 Å². The van der Waals surface area contributed by atoms with Crippen LogP contribution in [0.4, 0.5) is 4.39 Å². The normalized spacial score (nSPS) is 11.2. The predicted molar refractivity (Wildman–Crippen MR) is 104 cm³/mol. The predicted octanol–water partition coefficient (Wildman–Crippen LogP) is 5.22. The van der Waals surface area contributed by atoms with Crippen LogP contribution in [0.2, 0.25) is 0 Å². The van der Waals surface area contributed by atoms with Crippen LogP contribution in [0, 0.1) is 12.7 Å². The summed E-state index contributed by atoms with van der Waals surface area (Å²) in [6.07, 6.45) is 3.57. The van der Waals surface area contributed by atoms with E-state index in [9.17, 15) is 4.39 Å². The van der Waals surface area contributed by atoms with Gasteiger partial charge in [0.25, 0.3) is 0 Å². The van der Waals surface area contributed by atoms with Crippen molar-refractivity contribution in [1.82, 2.24) is 14.5 Å². The topological polar surface area (TPSA) is 30.7 Å². The summed E-state index contributed by atoms with van der Waals surface area (Å²) in [5.74, 6) is 0.617. The minimum absolute atomic E-state index is 0.223. The largest absolute Gasteiger partial charge is 0.313 e. The second-order valence-corrected chi connectivity index (χ2v) is 7.13. The lowest BCUT2D eigenvalue weighted by Crippen LogP contribution is -2.02. The lowest BCUT2D eigenvalue weighted by molar-refractivity contribution is 0.622. The summed E-state index contributed by atoms with van der Waals surface area (Å²) in [6, 6.07) is 17.0. The molecule has 0 saturated carbocycles. The monoisotopic (exact) mass is 363 g/mol. The molecule has 0 saturated heterocycles. The molecule has 0 unspecified atom stereocenters. The number of imidazole rings is 1. The maximum absolute atomic E-state index is 13.6. The molecular formula is C21H18FN3S. The van der Waals surface area contributed by atoms with Gasteiger partial charge in [-0.25, -0.2) is 9.37 Å². The van der Waals surface area contributed by atoms with Gasteiger partial charge in [0, 0.05) is 11.9 Å². The molecule has 2 aromatic heterocycles. The van der Waals surface area contributed by atoms with Crippen LogP contribution in [0.25, 0.3) is 11.0 Å². The van der Waals surface area contributed by atoms with E-state index in [1.54, 1.807) is 30.1 Å². The van der Waals surface area contributed by atoms with Gasteiger partial charge in [-0.1, -0.05) is 48.2 Å². The van der Waals surface area contributed by atoms with Gasteiger partial charge < -0.3 is 4.57 Å². The number of fused-ring (bicyclic) bond motifs is 1. The summed E-state index contributed by atoms with van der Waals surface area (Å²) in [4.78, 5) is 9.00. The first-order valence-corrected chi connectivity index (χ1v) is 9.41. The van der Waals surface area contributed by atoms with Gasteiger partial charge in [0.1, 0.15) is 5.82 Å². The van der Waals surface area contributed by atoms with Gasteiger partial charge in [-0.15, -0.1) is 0 Å². The number of hydrogen-bond donors (Lipinski definition) is 0. The van der Waals surface area contributed by atoms with E-state index in [1.807, 2.05) is 24.4 Å². The van der Waals surface area contributed by atoms with Crippen LogP contribution in [-0.4, -0.2) is 14.5 Å². The number of pyridine rings is 1. The molecule has 0 amide bonds. The second kappa shape index (κ2) is 7.30. The highest BCUT2D eigenvalue weighted by Gasteiger charge is 2.13. The molecular weight excluding hydrogens is 345 g/mol. The number of benzene rings is 2. The molecule has 0 fully saturated rings. The van der Waals surface area contributed by atoms with E-state index < -0.39 is 0 Å². The van der Waals surface area contributed by atoms with Gasteiger partial charge in [-0.2, -0.15) is 0 Å². The first-order valence-electron chi connectivity index (χ1n) is 8.43. The summed E-state index contributed by atoms with van der Waals surface area (Å²) in [6.45, 7) is 2.69. The minimum Gasteiger partial charge on any atom is -0.313 e. The van der Waals surface area contributed by atoms with Crippen LogP contribution in [-0.2, 0) is 12.3 Å². The number of thioether (sulfide) groups is 1. The molecule has 0 bridgehead atoms. The Balaban J connectivity index is 1.68. The molecule has 0 aliphatic carbocycles. The van der Waals surface area contributed by atoms with Crippen molar-refractivity contribution in [1.29, 1.82) is 0 Å². The maximum Gasteiger partial charge on any atom is 0.169 e. The Bertz CT molecular complexity index is 1060. The van der Waals surface area contributed by atoms with Gasteiger partial charge in [-0.05, 0) is 41.8 Å². The van der Waals surface area contributed by atoms with E-state index in [-0.39, 0.29) is 5.82 Å². The zero-order valence-corrected chi connectivity index (χ0v) is 15.2. The smallest absolute Gasteiger partial charge is 0.169 e. The number of rotatable bonds is 5. The Morgan fingerprint density at radius 2 is 1.96 bits per heavy atom. The molecule has 3 nitrogen and oxygen atoms in total. The SMILES string of the molecule is Cc1ccccc1CSc1nc2ccncc2n1Cc1cccc(F)c1. The highest BCUT2D eigenvalue weighted by atomic mass is 32.2. The number of aromatic nitrogens is 3. The van der Waals surface area contributed by atoms with E-state index in [0.717, 1.165) is 27.5 Å². The summed E-state index contributed by atoms with van der Waals surface area (Å²) >= 11 is 1.69. The fourth-order valence-corrected chi connectivity index (χ4v) is 4.03. The number of aryl methyl sites for hydroxylation is 1. The van der Waals surface area contributed by atoms with E-state index in [4.69, 9.17) is 4.98 Å². The molecule has 0 N–H and O–H groups in total. The van der Waals surface area contributed by atoms with E-state index in [0.29, 0.717) is 6.54 Å². The Labute approximate surface area is 155 Å². The molecule has 0 aliphatic rings. The molecule has 2 aromatic carbocycles. The molecule has 2 heterocycles. The molecule has 0 atom stereocenters. The van der Waals surface area contributed by atoms with Gasteiger partial charge >= 0.3 is 0 Å². The van der Waals surface area contributed by atoms with E-state index in [1.165, 1.54) is 17.2 Å². The summed E-state index contributed by atoms with van der Waals surface area (Å²) < 4.78 is 15.7. The highest BCUT2D eigenvalue weighted by molar-refractivity contribution is 7.98. The van der Waals surface area contributed by atoms with Crippen LogP contribution >= 0.6 is 11.8 Å². The standard InChI is InChI=1S/C21H18FN3S/c1-15-5-2-3-7-17(15)14-26-21-24-19-9-10-23-12-20(19)25(21)13-16-6-4-8-18(22)11-16/h2-12H,13-14H2,1H3. The van der Waals surface area contributed by atoms with Crippen molar-refractivity contribution in [3.05, 3.63) is 89.5 Å². The average molecular weight is 363 g/mol.